The van der Waals surface area contributed by atoms with Gasteiger partial charge in [-0.15, -0.1) is 0 Å². The van der Waals surface area contributed by atoms with Crippen molar-refractivity contribution in [3.63, 3.8) is 0 Å². The van der Waals surface area contributed by atoms with Crippen LogP contribution < -0.4 is 5.32 Å². The summed E-state index contributed by atoms with van der Waals surface area (Å²) in [4.78, 5) is 26.3. The van der Waals surface area contributed by atoms with E-state index < -0.39 is 17.7 Å². The molecule has 0 aromatic rings. The first-order valence-electron chi connectivity index (χ1n) is 8.26. The first-order chi connectivity index (χ1) is 10.4. The molecule has 0 aromatic heterocycles. The van der Waals surface area contributed by atoms with Gasteiger partial charge < -0.3 is 14.8 Å². The molecule has 126 valence electrons. The number of ether oxygens (including phenoxy) is 2. The van der Waals surface area contributed by atoms with Crippen molar-refractivity contribution >= 4 is 12.0 Å². The van der Waals surface area contributed by atoms with Crippen LogP contribution in [0.2, 0.25) is 0 Å². The molecule has 22 heavy (non-hydrogen) atoms. The third-order valence-corrected chi connectivity index (χ3v) is 3.96. The summed E-state index contributed by atoms with van der Waals surface area (Å²) in [7, 11) is 0. The maximum Gasteiger partial charge on any atom is 0.410 e. The quantitative estimate of drug-likeness (QED) is 0.866. The topological polar surface area (TPSA) is 67.9 Å². The third-order valence-electron chi connectivity index (χ3n) is 3.96. The Bertz CT molecular complexity index is 399. The molecule has 2 aliphatic rings. The highest BCUT2D eigenvalue weighted by Gasteiger charge is 2.35. The van der Waals surface area contributed by atoms with Gasteiger partial charge in [0.1, 0.15) is 11.6 Å². The van der Waals surface area contributed by atoms with Gasteiger partial charge in [0.05, 0.1) is 6.10 Å². The summed E-state index contributed by atoms with van der Waals surface area (Å²) in [5, 5.41) is 2.93. The number of amides is 2. The predicted molar refractivity (Wildman–Crippen MR) is 82.6 cm³/mol. The Balaban J connectivity index is 1.90. The highest BCUT2D eigenvalue weighted by Crippen LogP contribution is 2.21. The minimum Gasteiger partial charge on any atom is -0.444 e. The van der Waals surface area contributed by atoms with Crippen molar-refractivity contribution in [3.8, 4) is 0 Å². The SMILES string of the molecule is CC(C)(C)OC(=O)N1CCCC[C@H]1C(=O)NCC1CCCO1. The Morgan fingerprint density at radius 1 is 1.23 bits per heavy atom. The average Bonchev–Trinajstić information content (AvgIpc) is 2.96. The maximum atomic E-state index is 12.4. The van der Waals surface area contributed by atoms with E-state index in [9.17, 15) is 9.59 Å². The normalized spacial score (nSPS) is 25.9. The lowest BCUT2D eigenvalue weighted by atomic mass is 10.0. The molecule has 0 saturated carbocycles. The highest BCUT2D eigenvalue weighted by atomic mass is 16.6. The zero-order valence-electron chi connectivity index (χ0n) is 13.9. The second kappa shape index (κ2) is 7.31. The molecule has 2 heterocycles. The van der Waals surface area contributed by atoms with Gasteiger partial charge in [-0.1, -0.05) is 0 Å². The van der Waals surface area contributed by atoms with E-state index >= 15 is 0 Å². The van der Waals surface area contributed by atoms with Crippen molar-refractivity contribution in [1.29, 1.82) is 0 Å². The summed E-state index contributed by atoms with van der Waals surface area (Å²) in [5.74, 6) is -0.0962. The fourth-order valence-electron chi connectivity index (χ4n) is 2.88. The van der Waals surface area contributed by atoms with Crippen molar-refractivity contribution in [1.82, 2.24) is 10.2 Å². The van der Waals surface area contributed by atoms with Crippen LogP contribution in [0.1, 0.15) is 52.9 Å². The molecule has 1 unspecified atom stereocenters. The molecule has 2 saturated heterocycles. The lowest BCUT2D eigenvalue weighted by Crippen LogP contribution is -2.53. The van der Waals surface area contributed by atoms with Crippen molar-refractivity contribution in [2.45, 2.75) is 70.6 Å². The van der Waals surface area contributed by atoms with E-state index in [1.165, 1.54) is 0 Å². The van der Waals surface area contributed by atoms with Crippen LogP contribution in [0.15, 0.2) is 0 Å². The van der Waals surface area contributed by atoms with Crippen molar-refractivity contribution in [2.75, 3.05) is 19.7 Å². The Hall–Kier alpha value is -1.30. The Morgan fingerprint density at radius 2 is 2.00 bits per heavy atom. The first kappa shape index (κ1) is 17.1. The fraction of sp³-hybridized carbons (Fsp3) is 0.875. The summed E-state index contributed by atoms with van der Waals surface area (Å²) < 4.78 is 10.9. The fourth-order valence-corrected chi connectivity index (χ4v) is 2.88. The number of piperidine rings is 1. The molecular weight excluding hydrogens is 284 g/mol. The number of nitrogens with zero attached hydrogens (tertiary/aromatic N) is 1. The standard InChI is InChI=1S/C16H28N2O4/c1-16(2,3)22-15(20)18-9-5-4-8-13(18)14(19)17-11-12-7-6-10-21-12/h12-13H,4-11H2,1-3H3,(H,17,19)/t12?,13-/m0/s1. The molecule has 6 nitrogen and oxygen atoms in total. The molecule has 2 fully saturated rings. The molecule has 0 spiro atoms. The van der Waals surface area contributed by atoms with Gasteiger partial charge in [-0.3, -0.25) is 9.69 Å². The van der Waals surface area contributed by atoms with Gasteiger partial charge in [0.15, 0.2) is 0 Å². The van der Waals surface area contributed by atoms with E-state index in [0.717, 1.165) is 32.3 Å². The van der Waals surface area contributed by atoms with Crippen LogP contribution in [0.3, 0.4) is 0 Å². The zero-order chi connectivity index (χ0) is 16.2. The lowest BCUT2D eigenvalue weighted by molar-refractivity contribution is -0.128. The van der Waals surface area contributed by atoms with E-state index in [1.54, 1.807) is 4.90 Å². The molecular formula is C16H28N2O4. The third kappa shape index (κ3) is 4.87. The van der Waals surface area contributed by atoms with Crippen molar-refractivity contribution in [3.05, 3.63) is 0 Å². The van der Waals surface area contributed by atoms with E-state index in [0.29, 0.717) is 19.5 Å². The van der Waals surface area contributed by atoms with E-state index in [1.807, 2.05) is 20.8 Å². The number of likely N-dealkylation sites (tertiary alicyclic amines) is 1. The van der Waals surface area contributed by atoms with Crippen LogP contribution in [0.25, 0.3) is 0 Å². The minimum absolute atomic E-state index is 0.0962. The molecule has 2 atom stereocenters. The molecule has 0 bridgehead atoms. The Morgan fingerprint density at radius 3 is 2.64 bits per heavy atom. The second-order valence-electron chi connectivity index (χ2n) is 7.07. The molecule has 2 rings (SSSR count). The number of hydrogen-bond acceptors (Lipinski definition) is 4. The van der Waals surface area contributed by atoms with Crippen molar-refractivity contribution < 1.29 is 19.1 Å². The van der Waals surface area contributed by atoms with E-state index in [4.69, 9.17) is 9.47 Å². The molecule has 1 N–H and O–H groups in total. The first-order valence-corrected chi connectivity index (χ1v) is 8.26. The van der Waals surface area contributed by atoms with Gasteiger partial charge in [-0.25, -0.2) is 4.79 Å². The van der Waals surface area contributed by atoms with Gasteiger partial charge in [-0.05, 0) is 52.9 Å². The molecule has 2 amide bonds. The summed E-state index contributed by atoms with van der Waals surface area (Å²) in [6, 6.07) is -0.426. The number of carbonyl (C=O) groups is 2. The van der Waals surface area contributed by atoms with Gasteiger partial charge in [0, 0.05) is 19.7 Å². The summed E-state index contributed by atoms with van der Waals surface area (Å²) in [5.41, 5.74) is -0.548. The Labute approximate surface area is 132 Å². The van der Waals surface area contributed by atoms with Crippen LogP contribution in [0.4, 0.5) is 4.79 Å². The number of nitrogens with one attached hydrogen (secondary N) is 1. The maximum absolute atomic E-state index is 12.4. The minimum atomic E-state index is -0.548. The van der Waals surface area contributed by atoms with Crippen LogP contribution in [-0.4, -0.2) is 54.3 Å². The number of carbonyl (C=O) groups excluding carboxylic acids is 2. The summed E-state index contributed by atoms with van der Waals surface area (Å²) >= 11 is 0. The summed E-state index contributed by atoms with van der Waals surface area (Å²) in [6.45, 7) is 7.38. The smallest absolute Gasteiger partial charge is 0.410 e. The van der Waals surface area contributed by atoms with Gasteiger partial charge in [0.2, 0.25) is 5.91 Å². The van der Waals surface area contributed by atoms with Gasteiger partial charge in [0.25, 0.3) is 0 Å². The molecule has 0 radical (unpaired) electrons. The zero-order valence-corrected chi connectivity index (χ0v) is 13.9. The van der Waals surface area contributed by atoms with Crippen LogP contribution >= 0.6 is 0 Å². The number of hydrogen-bond donors (Lipinski definition) is 1. The van der Waals surface area contributed by atoms with Crippen LogP contribution in [0, 0.1) is 0 Å². The Kier molecular flexibility index (Phi) is 5.67. The number of rotatable bonds is 3. The van der Waals surface area contributed by atoms with Crippen LogP contribution in [-0.2, 0) is 14.3 Å². The molecule has 0 aliphatic carbocycles. The average molecular weight is 312 g/mol. The highest BCUT2D eigenvalue weighted by molar-refractivity contribution is 5.85. The van der Waals surface area contributed by atoms with Crippen molar-refractivity contribution in [2.24, 2.45) is 0 Å². The molecule has 6 heteroatoms. The lowest BCUT2D eigenvalue weighted by Gasteiger charge is -2.35. The largest absolute Gasteiger partial charge is 0.444 e. The predicted octanol–water partition coefficient (Wildman–Crippen LogP) is 2.07. The molecule has 2 aliphatic heterocycles. The van der Waals surface area contributed by atoms with Crippen LogP contribution in [0.5, 0.6) is 0 Å². The molecule has 0 aromatic carbocycles. The monoisotopic (exact) mass is 312 g/mol. The second-order valence-corrected chi connectivity index (χ2v) is 7.07. The van der Waals surface area contributed by atoms with E-state index in [2.05, 4.69) is 5.32 Å². The van der Waals surface area contributed by atoms with Gasteiger partial charge in [-0.2, -0.15) is 0 Å². The summed E-state index contributed by atoms with van der Waals surface area (Å²) in [6.07, 6.45) is 4.31. The van der Waals surface area contributed by atoms with E-state index in [-0.39, 0.29) is 12.0 Å². The van der Waals surface area contributed by atoms with Gasteiger partial charge >= 0.3 is 6.09 Å².